The van der Waals surface area contributed by atoms with Crippen molar-refractivity contribution in [3.63, 3.8) is 0 Å². The highest BCUT2D eigenvalue weighted by Gasteiger charge is 2.35. The lowest BCUT2D eigenvalue weighted by molar-refractivity contribution is 0.0518. The topological polar surface area (TPSA) is 61.6 Å². The van der Waals surface area contributed by atoms with E-state index in [1.54, 1.807) is 6.33 Å². The van der Waals surface area contributed by atoms with Gasteiger partial charge in [0.05, 0.1) is 30.2 Å². The SMILES string of the molecule is O=C(c1ncn([C@H]2CCCC[C@H]2O)c1-c1ccccc1)N1CCN(Cc2ccccc2)C[C@H]1/C=C/C1CC1. The number of piperazine rings is 1. The van der Waals surface area contributed by atoms with Crippen LogP contribution in [0, 0.1) is 5.92 Å². The fourth-order valence-corrected chi connectivity index (χ4v) is 6.05. The number of imidazole rings is 1. The molecule has 6 nitrogen and oxygen atoms in total. The molecule has 3 fully saturated rings. The maximum Gasteiger partial charge on any atom is 0.275 e. The van der Waals surface area contributed by atoms with Gasteiger partial charge in [0.15, 0.2) is 5.69 Å². The molecule has 2 aromatic carbocycles. The minimum Gasteiger partial charge on any atom is -0.391 e. The lowest BCUT2D eigenvalue weighted by atomic mass is 9.92. The Kier molecular flexibility index (Phi) is 7.43. The second kappa shape index (κ2) is 11.3. The number of amides is 1. The molecule has 0 radical (unpaired) electrons. The Labute approximate surface area is 225 Å². The predicted molar refractivity (Wildman–Crippen MR) is 150 cm³/mol. The van der Waals surface area contributed by atoms with Gasteiger partial charge in [-0.15, -0.1) is 0 Å². The van der Waals surface area contributed by atoms with Gasteiger partial charge < -0.3 is 14.6 Å². The molecule has 198 valence electrons. The molecule has 2 heterocycles. The van der Waals surface area contributed by atoms with Crippen LogP contribution in [0.25, 0.3) is 11.3 Å². The monoisotopic (exact) mass is 510 g/mol. The van der Waals surface area contributed by atoms with Crippen molar-refractivity contribution in [3.05, 3.63) is 90.4 Å². The quantitative estimate of drug-likeness (QED) is 0.437. The molecule has 0 bridgehead atoms. The molecule has 1 aliphatic heterocycles. The maximum absolute atomic E-state index is 14.2. The summed E-state index contributed by atoms with van der Waals surface area (Å²) in [6.07, 6.45) is 12.2. The fraction of sp³-hybridized carbons (Fsp3) is 0.438. The van der Waals surface area contributed by atoms with E-state index in [9.17, 15) is 9.90 Å². The zero-order valence-electron chi connectivity index (χ0n) is 22.0. The zero-order chi connectivity index (χ0) is 25.9. The smallest absolute Gasteiger partial charge is 0.275 e. The van der Waals surface area contributed by atoms with Crippen molar-refractivity contribution in [2.24, 2.45) is 5.92 Å². The molecule has 1 amide bonds. The molecule has 38 heavy (non-hydrogen) atoms. The first-order valence-corrected chi connectivity index (χ1v) is 14.2. The van der Waals surface area contributed by atoms with Gasteiger partial charge in [-0.25, -0.2) is 4.98 Å². The van der Waals surface area contributed by atoms with E-state index in [-0.39, 0.29) is 18.0 Å². The second-order valence-corrected chi connectivity index (χ2v) is 11.1. The van der Waals surface area contributed by atoms with Crippen LogP contribution in [0.3, 0.4) is 0 Å². The van der Waals surface area contributed by atoms with Crippen molar-refractivity contribution in [1.29, 1.82) is 0 Å². The lowest BCUT2D eigenvalue weighted by Crippen LogP contribution is -2.54. The third-order valence-electron chi connectivity index (χ3n) is 8.33. The molecule has 1 aromatic heterocycles. The van der Waals surface area contributed by atoms with Crippen LogP contribution in [-0.2, 0) is 6.54 Å². The van der Waals surface area contributed by atoms with Gasteiger partial charge in [-0.3, -0.25) is 9.69 Å². The first-order chi connectivity index (χ1) is 18.7. The molecule has 1 N–H and O–H groups in total. The number of hydrogen-bond donors (Lipinski definition) is 1. The first kappa shape index (κ1) is 25.1. The number of nitrogens with zero attached hydrogens (tertiary/aromatic N) is 4. The highest BCUT2D eigenvalue weighted by Crippen LogP contribution is 2.35. The Morgan fingerprint density at radius 2 is 1.66 bits per heavy atom. The van der Waals surface area contributed by atoms with Crippen molar-refractivity contribution in [2.45, 2.75) is 63.3 Å². The van der Waals surface area contributed by atoms with Gasteiger partial charge in [-0.05, 0) is 37.2 Å². The molecule has 6 heteroatoms. The number of aromatic nitrogens is 2. The summed E-state index contributed by atoms with van der Waals surface area (Å²) in [4.78, 5) is 23.5. The number of carbonyl (C=O) groups is 1. The van der Waals surface area contributed by atoms with Crippen LogP contribution in [0.4, 0.5) is 0 Å². The highest BCUT2D eigenvalue weighted by molar-refractivity contribution is 5.98. The third kappa shape index (κ3) is 5.47. The second-order valence-electron chi connectivity index (χ2n) is 11.1. The number of allylic oxidation sites excluding steroid dienone is 1. The van der Waals surface area contributed by atoms with Gasteiger partial charge in [0.25, 0.3) is 5.91 Å². The van der Waals surface area contributed by atoms with Crippen molar-refractivity contribution in [2.75, 3.05) is 19.6 Å². The number of hydrogen-bond acceptors (Lipinski definition) is 4. The Morgan fingerprint density at radius 3 is 2.39 bits per heavy atom. The minimum absolute atomic E-state index is 0.00889. The van der Waals surface area contributed by atoms with Crippen LogP contribution in [0.5, 0.6) is 0 Å². The summed E-state index contributed by atoms with van der Waals surface area (Å²) in [5, 5.41) is 10.9. The van der Waals surface area contributed by atoms with Crippen LogP contribution in [-0.4, -0.2) is 62.1 Å². The van der Waals surface area contributed by atoms with Crippen molar-refractivity contribution in [3.8, 4) is 11.3 Å². The lowest BCUT2D eigenvalue weighted by Gasteiger charge is -2.40. The van der Waals surface area contributed by atoms with Gasteiger partial charge in [0.1, 0.15) is 0 Å². The first-order valence-electron chi connectivity index (χ1n) is 14.2. The molecule has 2 saturated carbocycles. The normalized spacial score (nSPS) is 24.7. The molecule has 3 aromatic rings. The molecule has 2 aliphatic carbocycles. The number of rotatable bonds is 7. The summed E-state index contributed by atoms with van der Waals surface area (Å²) in [5.41, 5.74) is 3.60. The summed E-state index contributed by atoms with van der Waals surface area (Å²) in [7, 11) is 0. The van der Waals surface area contributed by atoms with Gasteiger partial charge in [0.2, 0.25) is 0 Å². The number of carbonyl (C=O) groups excluding carboxylic acids is 1. The fourth-order valence-electron chi connectivity index (χ4n) is 6.05. The standard InChI is InChI=1S/C32H38N4O2/c37-29-14-8-7-13-28(29)36-23-33-30(31(36)26-11-5-2-6-12-26)32(38)35-20-19-34(21-25-9-3-1-4-10-25)22-27(35)18-17-24-15-16-24/h1-6,9-12,17-18,23-24,27-29,37H,7-8,13-16,19-22H2/b18-17+/t27-,28+,29-/m1/s1. The molecule has 0 unspecified atom stereocenters. The summed E-state index contributed by atoms with van der Waals surface area (Å²) < 4.78 is 2.08. The number of benzene rings is 2. The van der Waals surface area contributed by atoms with E-state index in [0.29, 0.717) is 18.2 Å². The largest absolute Gasteiger partial charge is 0.391 e. The van der Waals surface area contributed by atoms with Crippen LogP contribution >= 0.6 is 0 Å². The molecular weight excluding hydrogens is 472 g/mol. The zero-order valence-corrected chi connectivity index (χ0v) is 22.0. The van der Waals surface area contributed by atoms with Gasteiger partial charge >= 0.3 is 0 Å². The number of aliphatic hydroxyl groups is 1. The highest BCUT2D eigenvalue weighted by atomic mass is 16.3. The van der Waals surface area contributed by atoms with Crippen LogP contribution in [0.15, 0.2) is 79.1 Å². The summed E-state index contributed by atoms with van der Waals surface area (Å²) in [6.45, 7) is 3.20. The van der Waals surface area contributed by atoms with Gasteiger partial charge in [-0.1, -0.05) is 85.7 Å². The molecular formula is C32H38N4O2. The summed E-state index contributed by atoms with van der Waals surface area (Å²) >= 11 is 0. The Morgan fingerprint density at radius 1 is 0.921 bits per heavy atom. The van der Waals surface area contributed by atoms with Crippen molar-refractivity contribution < 1.29 is 9.90 Å². The van der Waals surface area contributed by atoms with Crippen molar-refractivity contribution >= 4 is 5.91 Å². The third-order valence-corrected chi connectivity index (χ3v) is 8.33. The van der Waals surface area contributed by atoms with Gasteiger partial charge in [-0.2, -0.15) is 0 Å². The van der Waals surface area contributed by atoms with Crippen LogP contribution in [0.2, 0.25) is 0 Å². The van der Waals surface area contributed by atoms with E-state index >= 15 is 0 Å². The Hall–Kier alpha value is -3.22. The van der Waals surface area contributed by atoms with Crippen LogP contribution in [0.1, 0.15) is 60.6 Å². The Balaban J connectivity index is 1.30. The van der Waals surface area contributed by atoms with E-state index in [4.69, 9.17) is 4.98 Å². The summed E-state index contributed by atoms with van der Waals surface area (Å²) in [5.74, 6) is 0.640. The average molecular weight is 511 g/mol. The average Bonchev–Trinajstić information content (AvgIpc) is 3.69. The van der Waals surface area contributed by atoms with Crippen molar-refractivity contribution in [1.82, 2.24) is 19.4 Å². The minimum atomic E-state index is -0.417. The van der Waals surface area contributed by atoms with E-state index < -0.39 is 6.10 Å². The molecule has 0 spiro atoms. The van der Waals surface area contributed by atoms with E-state index in [1.165, 1.54) is 18.4 Å². The molecule has 6 rings (SSSR count). The summed E-state index contributed by atoms with van der Waals surface area (Å²) in [6, 6.07) is 20.6. The molecule has 3 atom stereocenters. The van der Waals surface area contributed by atoms with E-state index in [0.717, 1.165) is 56.6 Å². The molecule has 3 aliphatic rings. The number of aliphatic hydroxyl groups excluding tert-OH is 1. The Bertz CT molecular complexity index is 1250. The maximum atomic E-state index is 14.2. The predicted octanol–water partition coefficient (Wildman–Crippen LogP) is 5.32. The van der Waals surface area contributed by atoms with E-state index in [2.05, 4.69) is 52.0 Å². The van der Waals surface area contributed by atoms with E-state index in [1.807, 2.05) is 35.2 Å². The van der Waals surface area contributed by atoms with Gasteiger partial charge in [0, 0.05) is 31.7 Å². The molecule has 1 saturated heterocycles. The van der Waals surface area contributed by atoms with Crippen LogP contribution < -0.4 is 0 Å².